The largest absolute Gasteiger partial charge is 0.377 e. The topological polar surface area (TPSA) is 29.5 Å². The molecule has 2 aliphatic rings. The molecule has 1 saturated carbocycles. The molecule has 3 heteroatoms. The Kier molecular flexibility index (Phi) is 7.42. The zero-order valence-corrected chi connectivity index (χ0v) is 14.3. The maximum atomic E-state index is 11.4. The molecule has 0 amide bonds. The van der Waals surface area contributed by atoms with Gasteiger partial charge < -0.3 is 9.64 Å². The first-order valence-corrected chi connectivity index (χ1v) is 8.93. The first-order chi connectivity index (χ1) is 10.7. The number of ether oxygens (including phenoxy) is 1. The summed E-state index contributed by atoms with van der Waals surface area (Å²) >= 11 is 0. The van der Waals surface area contributed by atoms with Gasteiger partial charge in [-0.15, -0.1) is 11.8 Å². The zero-order chi connectivity index (χ0) is 15.8. The van der Waals surface area contributed by atoms with Crippen LogP contribution in [0.1, 0.15) is 58.8 Å². The Morgan fingerprint density at radius 1 is 1.14 bits per heavy atom. The minimum Gasteiger partial charge on any atom is -0.377 e. The Labute approximate surface area is 135 Å². The van der Waals surface area contributed by atoms with Crippen molar-refractivity contribution in [3.8, 4) is 11.8 Å². The highest BCUT2D eigenvalue weighted by atomic mass is 16.5. The summed E-state index contributed by atoms with van der Waals surface area (Å²) in [5.41, 5.74) is 0. The molecule has 3 nitrogen and oxygen atoms in total. The van der Waals surface area contributed by atoms with Gasteiger partial charge in [0.2, 0.25) is 0 Å². The predicted molar refractivity (Wildman–Crippen MR) is 89.6 cm³/mol. The molecule has 2 fully saturated rings. The van der Waals surface area contributed by atoms with Gasteiger partial charge in [-0.05, 0) is 58.3 Å². The van der Waals surface area contributed by atoms with Crippen molar-refractivity contribution < 1.29 is 9.53 Å². The Balaban J connectivity index is 1.59. The molecule has 22 heavy (non-hydrogen) atoms. The molecule has 0 spiro atoms. The Bertz CT molecular complexity index is 393. The van der Waals surface area contributed by atoms with Gasteiger partial charge in [-0.25, -0.2) is 0 Å². The third-order valence-corrected chi connectivity index (χ3v) is 5.23. The maximum Gasteiger partial charge on any atom is 0.132 e. The van der Waals surface area contributed by atoms with Crippen molar-refractivity contribution in [1.29, 1.82) is 0 Å². The van der Waals surface area contributed by atoms with E-state index in [0.29, 0.717) is 17.8 Å². The average molecular weight is 305 g/mol. The highest BCUT2D eigenvalue weighted by Gasteiger charge is 2.27. The molecule has 0 aromatic rings. The summed E-state index contributed by atoms with van der Waals surface area (Å²) in [5.74, 6) is 7.50. The highest BCUT2D eigenvalue weighted by Crippen LogP contribution is 2.30. The second-order valence-corrected chi connectivity index (χ2v) is 6.88. The van der Waals surface area contributed by atoms with Gasteiger partial charge in [0.1, 0.15) is 5.78 Å². The van der Waals surface area contributed by atoms with E-state index in [4.69, 9.17) is 4.74 Å². The van der Waals surface area contributed by atoms with Crippen LogP contribution in [0.5, 0.6) is 0 Å². The van der Waals surface area contributed by atoms with E-state index >= 15 is 0 Å². The number of carbonyl (C=O) groups excluding carboxylic acids is 1. The van der Waals surface area contributed by atoms with Gasteiger partial charge in [-0.3, -0.25) is 4.79 Å². The van der Waals surface area contributed by atoms with E-state index in [-0.39, 0.29) is 0 Å². The first-order valence-electron chi connectivity index (χ1n) is 8.93. The summed E-state index contributed by atoms with van der Waals surface area (Å²) in [6.07, 6.45) is 8.28. The SMILES string of the molecule is CC#CCCOC1CCN(CC2CCC(C(C)=O)CC2)CC1. The van der Waals surface area contributed by atoms with Crippen LogP contribution in [0.4, 0.5) is 0 Å². The molecule has 0 unspecified atom stereocenters. The lowest BCUT2D eigenvalue weighted by molar-refractivity contribution is -0.121. The Morgan fingerprint density at radius 3 is 2.41 bits per heavy atom. The molecule has 1 saturated heterocycles. The Morgan fingerprint density at radius 2 is 1.82 bits per heavy atom. The van der Waals surface area contributed by atoms with Crippen LogP contribution in [0, 0.1) is 23.7 Å². The van der Waals surface area contributed by atoms with Crippen LogP contribution in [-0.4, -0.2) is 43.0 Å². The number of rotatable bonds is 6. The number of hydrogen-bond acceptors (Lipinski definition) is 3. The van der Waals surface area contributed by atoms with E-state index in [0.717, 1.165) is 57.7 Å². The van der Waals surface area contributed by atoms with Gasteiger partial charge in [0.05, 0.1) is 12.7 Å². The monoisotopic (exact) mass is 305 g/mol. The van der Waals surface area contributed by atoms with E-state index in [1.807, 2.05) is 6.92 Å². The van der Waals surface area contributed by atoms with Crippen LogP contribution < -0.4 is 0 Å². The molecule has 1 heterocycles. The first kappa shape index (κ1) is 17.5. The average Bonchev–Trinajstić information content (AvgIpc) is 2.54. The number of carbonyl (C=O) groups is 1. The normalized spacial score (nSPS) is 27.2. The van der Waals surface area contributed by atoms with Crippen molar-refractivity contribution in [2.75, 3.05) is 26.2 Å². The van der Waals surface area contributed by atoms with E-state index in [1.165, 1.54) is 19.4 Å². The lowest BCUT2D eigenvalue weighted by Crippen LogP contribution is -2.40. The molecule has 0 N–H and O–H groups in total. The number of piperidine rings is 1. The van der Waals surface area contributed by atoms with Gasteiger partial charge in [-0.2, -0.15) is 0 Å². The third kappa shape index (κ3) is 5.74. The van der Waals surface area contributed by atoms with Crippen LogP contribution in [0.2, 0.25) is 0 Å². The van der Waals surface area contributed by atoms with Crippen LogP contribution >= 0.6 is 0 Å². The van der Waals surface area contributed by atoms with Crippen molar-refractivity contribution in [1.82, 2.24) is 4.90 Å². The van der Waals surface area contributed by atoms with Gasteiger partial charge in [0.25, 0.3) is 0 Å². The van der Waals surface area contributed by atoms with Crippen molar-refractivity contribution in [2.24, 2.45) is 11.8 Å². The number of ketones is 1. The summed E-state index contributed by atoms with van der Waals surface area (Å²) < 4.78 is 5.90. The molecular weight excluding hydrogens is 274 g/mol. The van der Waals surface area contributed by atoms with E-state index in [9.17, 15) is 4.79 Å². The van der Waals surface area contributed by atoms with E-state index in [2.05, 4.69) is 16.7 Å². The van der Waals surface area contributed by atoms with E-state index in [1.54, 1.807) is 6.92 Å². The second kappa shape index (κ2) is 9.33. The molecule has 1 aliphatic carbocycles. The lowest BCUT2D eigenvalue weighted by Gasteiger charge is -2.36. The summed E-state index contributed by atoms with van der Waals surface area (Å²) in [4.78, 5) is 14.0. The molecule has 2 rings (SSSR count). The van der Waals surface area contributed by atoms with Crippen LogP contribution in [0.15, 0.2) is 0 Å². The van der Waals surface area contributed by atoms with Crippen molar-refractivity contribution in [3.05, 3.63) is 0 Å². The summed E-state index contributed by atoms with van der Waals surface area (Å²) in [5, 5.41) is 0. The van der Waals surface area contributed by atoms with Crippen LogP contribution in [0.25, 0.3) is 0 Å². The Hall–Kier alpha value is -0.850. The molecule has 124 valence electrons. The smallest absolute Gasteiger partial charge is 0.132 e. The molecule has 0 aromatic heterocycles. The minimum absolute atomic E-state index is 0.349. The highest BCUT2D eigenvalue weighted by molar-refractivity contribution is 5.78. The third-order valence-electron chi connectivity index (χ3n) is 5.23. The fraction of sp³-hybridized carbons (Fsp3) is 0.842. The summed E-state index contributed by atoms with van der Waals surface area (Å²) in [6.45, 7) is 7.96. The molecule has 0 radical (unpaired) electrons. The molecule has 0 atom stereocenters. The standard InChI is InChI=1S/C19H31NO2/c1-3-4-5-14-22-19-10-12-20(13-11-19)15-17-6-8-18(9-7-17)16(2)21/h17-19H,5-15H2,1-2H3. The maximum absolute atomic E-state index is 11.4. The number of Topliss-reactive ketones (excluding diaryl/α,β-unsaturated/α-hetero) is 1. The quantitative estimate of drug-likeness (QED) is 0.557. The molecule has 1 aliphatic heterocycles. The lowest BCUT2D eigenvalue weighted by atomic mass is 9.80. The number of likely N-dealkylation sites (tertiary alicyclic amines) is 1. The fourth-order valence-corrected chi connectivity index (χ4v) is 3.78. The minimum atomic E-state index is 0.349. The molecule has 0 bridgehead atoms. The number of nitrogens with zero attached hydrogens (tertiary/aromatic N) is 1. The van der Waals surface area contributed by atoms with Gasteiger partial charge >= 0.3 is 0 Å². The van der Waals surface area contributed by atoms with Crippen molar-refractivity contribution in [3.63, 3.8) is 0 Å². The van der Waals surface area contributed by atoms with Crippen molar-refractivity contribution >= 4 is 5.78 Å². The number of hydrogen-bond donors (Lipinski definition) is 0. The van der Waals surface area contributed by atoms with Crippen LogP contribution in [0.3, 0.4) is 0 Å². The summed E-state index contributed by atoms with van der Waals surface area (Å²) in [7, 11) is 0. The van der Waals surface area contributed by atoms with Crippen molar-refractivity contribution in [2.45, 2.75) is 64.9 Å². The van der Waals surface area contributed by atoms with E-state index < -0.39 is 0 Å². The summed E-state index contributed by atoms with van der Waals surface area (Å²) in [6, 6.07) is 0. The van der Waals surface area contributed by atoms with Gasteiger partial charge in [-0.1, -0.05) is 0 Å². The fourth-order valence-electron chi connectivity index (χ4n) is 3.78. The van der Waals surface area contributed by atoms with Gasteiger partial charge in [0.15, 0.2) is 0 Å². The van der Waals surface area contributed by atoms with Crippen LogP contribution in [-0.2, 0) is 9.53 Å². The zero-order valence-electron chi connectivity index (χ0n) is 14.3. The molecule has 0 aromatic carbocycles. The second-order valence-electron chi connectivity index (χ2n) is 6.88. The van der Waals surface area contributed by atoms with Gasteiger partial charge in [0, 0.05) is 32.0 Å². The molecular formula is C19H31NO2. The predicted octanol–water partition coefficient (Wildman–Crippen LogP) is 3.28.